The van der Waals surface area contributed by atoms with E-state index in [9.17, 15) is 9.59 Å². The fourth-order valence-corrected chi connectivity index (χ4v) is 0.696. The zero-order chi connectivity index (χ0) is 8.85. The molecular weight excluding hydrogens is 168 g/mol. The van der Waals surface area contributed by atoms with Gasteiger partial charge in [-0.1, -0.05) is 0 Å². The lowest BCUT2D eigenvalue weighted by molar-refractivity contribution is -0.138. The molecule has 0 rings (SSSR count). The van der Waals surface area contributed by atoms with Crippen LogP contribution in [0, 0.1) is 0 Å². The maximum atomic E-state index is 10.2. The highest BCUT2D eigenvalue weighted by Gasteiger charge is 2.15. The summed E-state index contributed by atoms with van der Waals surface area (Å²) in [6, 6.07) is -0.988. The third-order valence-corrected chi connectivity index (χ3v) is 1.33. The number of carbonyl (C=O) groups is 2. The van der Waals surface area contributed by atoms with E-state index in [2.05, 4.69) is 16.8 Å². The van der Waals surface area contributed by atoms with E-state index in [4.69, 9.17) is 10.8 Å². The molecule has 0 aromatic heterocycles. The molecule has 0 aliphatic heterocycles. The normalized spacial score (nSPS) is 12.0. The van der Waals surface area contributed by atoms with Gasteiger partial charge in [-0.3, -0.25) is 4.79 Å². The topological polar surface area (TPSA) is 92.8 Å². The van der Waals surface area contributed by atoms with Gasteiger partial charge in [0, 0.05) is 18.8 Å². The van der Waals surface area contributed by atoms with Crippen molar-refractivity contribution in [3.05, 3.63) is 0 Å². The van der Waals surface area contributed by atoms with Gasteiger partial charge in [0.25, 0.3) is 0 Å². The van der Waals surface area contributed by atoms with Crippen LogP contribution in [0.15, 0.2) is 4.36 Å². The fraction of sp³-hybridized carbons (Fsp3) is 0.600. The van der Waals surface area contributed by atoms with Crippen LogP contribution in [0.1, 0.15) is 12.8 Å². The maximum Gasteiger partial charge on any atom is 0.329 e. The van der Waals surface area contributed by atoms with E-state index in [1.807, 2.05) is 0 Å². The highest BCUT2D eigenvalue weighted by Crippen LogP contribution is 2.00. The van der Waals surface area contributed by atoms with Crippen molar-refractivity contribution in [3.8, 4) is 0 Å². The molecule has 0 aliphatic carbocycles. The Balaban J connectivity index is 3.79. The summed E-state index contributed by atoms with van der Waals surface area (Å²) in [5.74, 6) is -1.67. The number of carboxylic acid groups (broad SMARTS) is 1. The first-order valence-corrected chi connectivity index (χ1v) is 3.28. The minimum atomic E-state index is -1.12. The van der Waals surface area contributed by atoms with Crippen molar-refractivity contribution in [1.29, 1.82) is 0 Å². The van der Waals surface area contributed by atoms with E-state index in [0.717, 1.165) is 0 Å². The average Bonchev–Trinajstić information content (AvgIpc) is 1.87. The molecule has 0 fully saturated rings. The van der Waals surface area contributed by atoms with Crippen LogP contribution >= 0.6 is 0 Å². The summed E-state index contributed by atoms with van der Waals surface area (Å²) in [5, 5.41) is 8.37. The molecular formula is C5H8N2O3S. The second-order valence-electron chi connectivity index (χ2n) is 1.96. The lowest BCUT2D eigenvalue weighted by Gasteiger charge is -2.01. The van der Waals surface area contributed by atoms with Gasteiger partial charge in [0.1, 0.15) is 0 Å². The van der Waals surface area contributed by atoms with Crippen LogP contribution in [-0.4, -0.2) is 23.0 Å². The molecule has 62 valence electrons. The minimum Gasteiger partial charge on any atom is -0.480 e. The summed E-state index contributed by atoms with van der Waals surface area (Å²) in [6.45, 7) is 0. The van der Waals surface area contributed by atoms with Crippen molar-refractivity contribution in [3.63, 3.8) is 0 Å². The van der Waals surface area contributed by atoms with E-state index < -0.39 is 17.9 Å². The van der Waals surface area contributed by atoms with Crippen LogP contribution in [0.2, 0.25) is 0 Å². The first-order chi connectivity index (χ1) is 5.07. The predicted octanol–water partition coefficient (Wildman–Crippen LogP) is -0.564. The van der Waals surface area contributed by atoms with Crippen LogP contribution in [0.4, 0.5) is 0 Å². The quantitative estimate of drug-likeness (QED) is 0.587. The van der Waals surface area contributed by atoms with Crippen LogP contribution in [0.25, 0.3) is 0 Å². The average molecular weight is 176 g/mol. The van der Waals surface area contributed by atoms with Crippen molar-refractivity contribution < 1.29 is 14.7 Å². The predicted molar refractivity (Wildman–Crippen MR) is 39.6 cm³/mol. The summed E-state index contributed by atoms with van der Waals surface area (Å²) in [5.41, 5.74) is 4.79. The van der Waals surface area contributed by atoms with Crippen LogP contribution < -0.4 is 5.73 Å². The number of rotatable bonds is 5. The molecule has 0 radical (unpaired) electrons. The molecule has 0 saturated heterocycles. The Kier molecular flexibility index (Phi) is 4.28. The molecule has 0 bridgehead atoms. The van der Waals surface area contributed by atoms with Crippen LogP contribution in [-0.2, 0) is 22.0 Å². The monoisotopic (exact) mass is 176 g/mol. The molecule has 5 nitrogen and oxygen atoms in total. The van der Waals surface area contributed by atoms with Crippen molar-refractivity contribution in [2.75, 3.05) is 0 Å². The number of hydrogen-bond donors (Lipinski definition) is 2. The second kappa shape index (κ2) is 4.73. The molecule has 11 heavy (non-hydrogen) atoms. The Bertz CT molecular complexity index is 183. The van der Waals surface area contributed by atoms with Gasteiger partial charge in [-0.15, -0.1) is 0 Å². The van der Waals surface area contributed by atoms with E-state index in [0.29, 0.717) is 0 Å². The smallest absolute Gasteiger partial charge is 0.329 e. The number of aliphatic carboxylic acids is 1. The molecule has 1 atom stereocenters. The molecule has 0 heterocycles. The van der Waals surface area contributed by atoms with Crippen molar-refractivity contribution >= 4 is 24.3 Å². The number of nitrogens with zero attached hydrogens (tertiary/aromatic N) is 1. The fourth-order valence-electron chi connectivity index (χ4n) is 0.500. The van der Waals surface area contributed by atoms with Gasteiger partial charge in [0.05, 0.1) is 0 Å². The summed E-state index contributed by atoms with van der Waals surface area (Å²) in [6.07, 6.45) is 0.0747. The van der Waals surface area contributed by atoms with Crippen LogP contribution in [0.3, 0.4) is 0 Å². The van der Waals surface area contributed by atoms with Gasteiger partial charge in [0.2, 0.25) is 5.91 Å². The number of nitrogens with two attached hydrogens (primary N) is 1. The van der Waals surface area contributed by atoms with E-state index in [1.165, 1.54) is 0 Å². The van der Waals surface area contributed by atoms with E-state index in [1.54, 1.807) is 0 Å². The summed E-state index contributed by atoms with van der Waals surface area (Å²) < 4.78 is 3.14. The van der Waals surface area contributed by atoms with E-state index >= 15 is 0 Å². The van der Waals surface area contributed by atoms with Gasteiger partial charge in [-0.05, 0) is 6.42 Å². The lowest BCUT2D eigenvalue weighted by atomic mass is 10.2. The number of carbonyl (C=O) groups excluding carboxylic acids is 1. The summed E-state index contributed by atoms with van der Waals surface area (Å²) in [4.78, 5) is 20.4. The molecule has 0 spiro atoms. The van der Waals surface area contributed by atoms with Gasteiger partial charge in [-0.2, -0.15) is 0 Å². The minimum absolute atomic E-state index is 0.00287. The molecule has 3 N–H and O–H groups in total. The first-order valence-electron chi connectivity index (χ1n) is 2.91. The van der Waals surface area contributed by atoms with Gasteiger partial charge in [0.15, 0.2) is 6.04 Å². The Morgan fingerprint density at radius 1 is 1.64 bits per heavy atom. The van der Waals surface area contributed by atoms with Crippen LogP contribution in [0.5, 0.6) is 0 Å². The first kappa shape index (κ1) is 9.96. The second-order valence-corrected chi connectivity index (χ2v) is 2.18. The van der Waals surface area contributed by atoms with E-state index in [-0.39, 0.29) is 12.8 Å². The van der Waals surface area contributed by atoms with Crippen molar-refractivity contribution in [1.82, 2.24) is 0 Å². The van der Waals surface area contributed by atoms with Gasteiger partial charge >= 0.3 is 5.97 Å². The molecule has 0 aromatic rings. The summed E-state index contributed by atoms with van der Waals surface area (Å²) >= 11 is 4.19. The molecule has 0 aliphatic rings. The molecule has 6 heteroatoms. The zero-order valence-corrected chi connectivity index (χ0v) is 6.50. The van der Waals surface area contributed by atoms with Crippen molar-refractivity contribution in [2.45, 2.75) is 18.9 Å². The number of primary amides is 1. The largest absolute Gasteiger partial charge is 0.480 e. The highest BCUT2D eigenvalue weighted by molar-refractivity contribution is 7.47. The lowest BCUT2D eigenvalue weighted by Crippen LogP contribution is -2.20. The molecule has 1 amide bonds. The Labute approximate surface area is 68.7 Å². The third-order valence-electron chi connectivity index (χ3n) is 1.08. The number of hydrogen-bond acceptors (Lipinski definition) is 4. The summed E-state index contributed by atoms with van der Waals surface area (Å²) in [7, 11) is 0. The Morgan fingerprint density at radius 3 is 2.45 bits per heavy atom. The standard InChI is InChI=1S/C5H8N2O3S/c6-4(8)2-1-3(7-11)5(9)10/h3H,1-2H2,(H2,6,8)(H,9,10)/t3-/m0/s1. The highest BCUT2D eigenvalue weighted by atomic mass is 32.1. The molecule has 0 aromatic carbocycles. The number of carboxylic acids is 1. The maximum absolute atomic E-state index is 10.2. The zero-order valence-electron chi connectivity index (χ0n) is 5.69. The van der Waals surface area contributed by atoms with Gasteiger partial charge < -0.3 is 10.8 Å². The number of amides is 1. The molecule has 0 unspecified atom stereocenters. The van der Waals surface area contributed by atoms with Gasteiger partial charge in [-0.25, -0.2) is 9.16 Å². The Morgan fingerprint density at radius 2 is 2.18 bits per heavy atom. The Hall–Kier alpha value is -1.04. The SMILES string of the molecule is NC(=O)CC[C@H](N=S)C(=O)O. The third kappa shape index (κ3) is 4.38. The van der Waals surface area contributed by atoms with Crippen molar-refractivity contribution in [2.24, 2.45) is 10.1 Å². The molecule has 0 saturated carbocycles.